The van der Waals surface area contributed by atoms with Crippen molar-refractivity contribution in [3.05, 3.63) is 27.3 Å². The zero-order valence-electron chi connectivity index (χ0n) is 6.10. The zero-order valence-corrected chi connectivity index (χ0v) is 8.25. The number of carbonyl (C=O) groups excluding carboxylic acids is 1. The molecule has 1 amide bonds. The van der Waals surface area contributed by atoms with Gasteiger partial charge in [0.25, 0.3) is 0 Å². The summed E-state index contributed by atoms with van der Waals surface area (Å²) < 4.78 is 1.18. The molecule has 0 unspecified atom stereocenters. The van der Waals surface area contributed by atoms with Crippen LogP contribution in [-0.2, 0) is 4.79 Å². The number of nitrogens with one attached hydrogen (secondary N) is 1. The third-order valence-electron chi connectivity index (χ3n) is 1.40. The number of benzene rings is 1. The Hall–Kier alpha value is -0.580. The van der Waals surface area contributed by atoms with E-state index in [0.29, 0.717) is 6.41 Å². The first-order valence-corrected chi connectivity index (χ1v) is 4.28. The number of halogens is 1. The summed E-state index contributed by atoms with van der Waals surface area (Å²) in [5.74, 6) is 0. The van der Waals surface area contributed by atoms with E-state index in [1.165, 1.54) is 3.57 Å². The summed E-state index contributed by atoms with van der Waals surface area (Å²) in [5, 5.41) is 2.62. The summed E-state index contributed by atoms with van der Waals surface area (Å²) in [7, 11) is 0. The van der Waals surface area contributed by atoms with Gasteiger partial charge in [0.1, 0.15) is 0 Å². The summed E-state index contributed by atoms with van der Waals surface area (Å²) in [6.45, 7) is 1.97. The van der Waals surface area contributed by atoms with Crippen LogP contribution in [0.3, 0.4) is 0 Å². The monoisotopic (exact) mass is 261 g/mol. The molecule has 0 aliphatic heterocycles. The van der Waals surface area contributed by atoms with Crippen LogP contribution < -0.4 is 5.32 Å². The highest BCUT2D eigenvalue weighted by atomic mass is 127. The Morgan fingerprint density at radius 2 is 2.27 bits per heavy atom. The number of amides is 1. The molecule has 0 fully saturated rings. The van der Waals surface area contributed by atoms with Gasteiger partial charge in [0.2, 0.25) is 6.41 Å². The fourth-order valence-electron chi connectivity index (χ4n) is 0.853. The first-order chi connectivity index (χ1) is 5.24. The molecule has 11 heavy (non-hydrogen) atoms. The van der Waals surface area contributed by atoms with Crippen molar-refractivity contribution in [3.63, 3.8) is 0 Å². The fraction of sp³-hybridized carbons (Fsp3) is 0.125. The molecular weight excluding hydrogens is 253 g/mol. The maximum absolute atomic E-state index is 10.1. The van der Waals surface area contributed by atoms with Crippen LogP contribution in [0.5, 0.6) is 0 Å². The van der Waals surface area contributed by atoms with Gasteiger partial charge in [-0.25, -0.2) is 0 Å². The number of hydrogen-bond donors (Lipinski definition) is 1. The highest BCUT2D eigenvalue weighted by Gasteiger charge is 1.95. The van der Waals surface area contributed by atoms with E-state index in [4.69, 9.17) is 0 Å². The van der Waals surface area contributed by atoms with Gasteiger partial charge in [-0.05, 0) is 53.3 Å². The maximum Gasteiger partial charge on any atom is 0.211 e. The molecular formula is C8H8INO. The topological polar surface area (TPSA) is 29.1 Å². The molecule has 58 valence electrons. The van der Waals surface area contributed by atoms with Gasteiger partial charge in [0.15, 0.2) is 0 Å². The average Bonchev–Trinajstić information content (AvgIpc) is 1.95. The first-order valence-electron chi connectivity index (χ1n) is 3.20. The van der Waals surface area contributed by atoms with E-state index in [9.17, 15) is 4.79 Å². The molecule has 0 bridgehead atoms. The fourth-order valence-corrected chi connectivity index (χ4v) is 1.50. The maximum atomic E-state index is 10.1. The Labute approximate surface area is 79.1 Å². The number of rotatable bonds is 2. The van der Waals surface area contributed by atoms with Gasteiger partial charge in [-0.1, -0.05) is 0 Å². The Bertz CT molecular complexity index is 273. The molecule has 0 aliphatic rings. The van der Waals surface area contributed by atoms with Crippen molar-refractivity contribution in [2.45, 2.75) is 6.92 Å². The van der Waals surface area contributed by atoms with Crippen molar-refractivity contribution in [1.82, 2.24) is 0 Å². The molecule has 0 saturated carbocycles. The van der Waals surface area contributed by atoms with Crippen LogP contribution in [0.1, 0.15) is 5.56 Å². The summed E-state index contributed by atoms with van der Waals surface area (Å²) in [4.78, 5) is 10.1. The molecule has 1 aromatic carbocycles. The minimum absolute atomic E-state index is 0.690. The van der Waals surface area contributed by atoms with Gasteiger partial charge in [-0.15, -0.1) is 0 Å². The van der Waals surface area contributed by atoms with Gasteiger partial charge in [-0.3, -0.25) is 4.79 Å². The lowest BCUT2D eigenvalue weighted by Crippen LogP contribution is -1.95. The van der Waals surface area contributed by atoms with E-state index in [1.54, 1.807) is 0 Å². The van der Waals surface area contributed by atoms with Gasteiger partial charge in [-0.2, -0.15) is 0 Å². The molecule has 0 aliphatic carbocycles. The van der Waals surface area contributed by atoms with Crippen molar-refractivity contribution in [2.75, 3.05) is 5.32 Å². The van der Waals surface area contributed by atoms with E-state index in [-0.39, 0.29) is 0 Å². The summed E-state index contributed by atoms with van der Waals surface area (Å²) >= 11 is 2.23. The Morgan fingerprint density at radius 3 is 2.82 bits per heavy atom. The Morgan fingerprint density at radius 1 is 1.55 bits per heavy atom. The molecule has 0 heterocycles. The number of hydrogen-bond acceptors (Lipinski definition) is 1. The van der Waals surface area contributed by atoms with Crippen molar-refractivity contribution >= 4 is 34.7 Å². The number of carbonyl (C=O) groups is 1. The standard InChI is InChI=1S/C8H8INO/c1-6-4-7(9)2-3-8(6)10-5-11/h2-5H,1H3,(H,10,11). The summed E-state index contributed by atoms with van der Waals surface area (Å²) in [5.41, 5.74) is 1.96. The second-order valence-corrected chi connectivity index (χ2v) is 3.47. The molecule has 3 heteroatoms. The van der Waals surface area contributed by atoms with Crippen molar-refractivity contribution < 1.29 is 4.79 Å². The Balaban J connectivity index is 2.98. The SMILES string of the molecule is Cc1cc(I)ccc1NC=O. The molecule has 0 spiro atoms. The summed E-state index contributed by atoms with van der Waals surface area (Å²) in [6.07, 6.45) is 0.690. The van der Waals surface area contributed by atoms with Crippen LogP contribution in [-0.4, -0.2) is 6.41 Å². The van der Waals surface area contributed by atoms with E-state index in [0.717, 1.165) is 11.3 Å². The van der Waals surface area contributed by atoms with E-state index in [2.05, 4.69) is 27.9 Å². The van der Waals surface area contributed by atoms with Crippen LogP contribution in [0.4, 0.5) is 5.69 Å². The molecule has 0 radical (unpaired) electrons. The molecule has 1 rings (SSSR count). The third-order valence-corrected chi connectivity index (χ3v) is 2.07. The quantitative estimate of drug-likeness (QED) is 0.641. The highest BCUT2D eigenvalue weighted by molar-refractivity contribution is 14.1. The van der Waals surface area contributed by atoms with Gasteiger partial charge < -0.3 is 5.32 Å². The predicted molar refractivity (Wildman–Crippen MR) is 53.6 cm³/mol. The highest BCUT2D eigenvalue weighted by Crippen LogP contribution is 2.16. The number of aryl methyl sites for hydroxylation is 1. The van der Waals surface area contributed by atoms with Crippen LogP contribution in [0, 0.1) is 10.5 Å². The minimum atomic E-state index is 0.690. The van der Waals surface area contributed by atoms with Crippen LogP contribution in [0.2, 0.25) is 0 Å². The second-order valence-electron chi connectivity index (χ2n) is 2.22. The van der Waals surface area contributed by atoms with Gasteiger partial charge in [0.05, 0.1) is 0 Å². The van der Waals surface area contributed by atoms with E-state index < -0.39 is 0 Å². The molecule has 0 saturated heterocycles. The zero-order chi connectivity index (χ0) is 8.27. The first kappa shape index (κ1) is 8.52. The molecule has 1 N–H and O–H groups in total. The van der Waals surface area contributed by atoms with Gasteiger partial charge in [0, 0.05) is 9.26 Å². The largest absolute Gasteiger partial charge is 0.328 e. The molecule has 1 aromatic rings. The predicted octanol–water partition coefficient (Wildman–Crippen LogP) is 2.17. The summed E-state index contributed by atoms with van der Waals surface area (Å²) in [6, 6.07) is 5.87. The molecule has 0 atom stereocenters. The van der Waals surface area contributed by atoms with Crippen molar-refractivity contribution in [2.24, 2.45) is 0 Å². The van der Waals surface area contributed by atoms with Crippen molar-refractivity contribution in [3.8, 4) is 0 Å². The van der Waals surface area contributed by atoms with Crippen LogP contribution >= 0.6 is 22.6 Å². The van der Waals surface area contributed by atoms with Crippen LogP contribution in [0.25, 0.3) is 0 Å². The number of anilines is 1. The molecule has 0 aromatic heterocycles. The lowest BCUT2D eigenvalue weighted by molar-refractivity contribution is -0.105. The smallest absolute Gasteiger partial charge is 0.211 e. The van der Waals surface area contributed by atoms with Crippen LogP contribution in [0.15, 0.2) is 18.2 Å². The lowest BCUT2D eigenvalue weighted by Gasteiger charge is -2.02. The Kier molecular flexibility index (Phi) is 2.87. The second kappa shape index (κ2) is 3.71. The third kappa shape index (κ3) is 2.18. The molecule has 2 nitrogen and oxygen atoms in total. The van der Waals surface area contributed by atoms with E-state index >= 15 is 0 Å². The lowest BCUT2D eigenvalue weighted by atomic mass is 10.2. The average molecular weight is 261 g/mol. The van der Waals surface area contributed by atoms with Crippen molar-refractivity contribution in [1.29, 1.82) is 0 Å². The normalized spacial score (nSPS) is 9.27. The van der Waals surface area contributed by atoms with Gasteiger partial charge >= 0.3 is 0 Å². The minimum Gasteiger partial charge on any atom is -0.328 e. The van der Waals surface area contributed by atoms with E-state index in [1.807, 2.05) is 25.1 Å².